The van der Waals surface area contributed by atoms with E-state index < -0.39 is 5.54 Å². The number of Topliss-reactive ketones (excluding diaryl/α,β-unsaturated/α-hetero) is 1. The zero-order valence-corrected chi connectivity index (χ0v) is 12.8. The second-order valence-corrected chi connectivity index (χ2v) is 6.78. The Morgan fingerprint density at radius 3 is 2.77 bits per heavy atom. The Morgan fingerprint density at radius 1 is 1.14 bits per heavy atom. The minimum atomic E-state index is -0.506. The maximum Gasteiger partial charge on any atom is 0.223 e. The Balaban J connectivity index is 1.75. The van der Waals surface area contributed by atoms with Crippen LogP contribution in [0.2, 0.25) is 0 Å². The SMILES string of the molecule is O=C1CCC23C(=O)/C(=C/c4ccccc4)CC2CCCCN13. The third-order valence-corrected chi connectivity index (χ3v) is 5.65. The van der Waals surface area contributed by atoms with Crippen molar-refractivity contribution in [2.75, 3.05) is 6.54 Å². The van der Waals surface area contributed by atoms with E-state index in [2.05, 4.69) is 0 Å². The predicted octanol–water partition coefficient (Wildman–Crippen LogP) is 3.20. The van der Waals surface area contributed by atoms with Gasteiger partial charge in [-0.2, -0.15) is 0 Å². The zero-order valence-electron chi connectivity index (χ0n) is 12.8. The van der Waals surface area contributed by atoms with Crippen molar-refractivity contribution < 1.29 is 9.59 Å². The molecule has 1 aliphatic carbocycles. The lowest BCUT2D eigenvalue weighted by molar-refractivity contribution is -0.138. The van der Waals surface area contributed by atoms with Gasteiger partial charge in [0, 0.05) is 13.0 Å². The van der Waals surface area contributed by atoms with Crippen LogP contribution in [0.15, 0.2) is 35.9 Å². The highest BCUT2D eigenvalue weighted by Crippen LogP contribution is 2.51. The van der Waals surface area contributed by atoms with Crippen LogP contribution in [-0.2, 0) is 9.59 Å². The van der Waals surface area contributed by atoms with Crippen molar-refractivity contribution in [3.05, 3.63) is 41.5 Å². The van der Waals surface area contributed by atoms with Crippen molar-refractivity contribution in [1.29, 1.82) is 0 Å². The van der Waals surface area contributed by atoms with Crippen molar-refractivity contribution in [3.63, 3.8) is 0 Å². The van der Waals surface area contributed by atoms with Gasteiger partial charge in [-0.15, -0.1) is 0 Å². The van der Waals surface area contributed by atoms with Gasteiger partial charge in [-0.3, -0.25) is 9.59 Å². The van der Waals surface area contributed by atoms with Crippen molar-refractivity contribution in [3.8, 4) is 0 Å². The monoisotopic (exact) mass is 295 g/mol. The third-order valence-electron chi connectivity index (χ3n) is 5.65. The summed E-state index contributed by atoms with van der Waals surface area (Å²) in [5.74, 6) is 0.722. The molecule has 114 valence electrons. The first kappa shape index (κ1) is 13.7. The lowest BCUT2D eigenvalue weighted by atomic mass is 9.82. The van der Waals surface area contributed by atoms with Gasteiger partial charge in [0.05, 0.1) is 0 Å². The first-order valence-electron chi connectivity index (χ1n) is 8.33. The number of hydrogen-bond acceptors (Lipinski definition) is 2. The van der Waals surface area contributed by atoms with Crippen LogP contribution in [0, 0.1) is 5.92 Å². The Bertz CT molecular complexity index is 649. The van der Waals surface area contributed by atoms with Gasteiger partial charge < -0.3 is 4.90 Å². The van der Waals surface area contributed by atoms with Crippen molar-refractivity contribution in [1.82, 2.24) is 4.90 Å². The van der Waals surface area contributed by atoms with E-state index in [1.807, 2.05) is 41.3 Å². The van der Waals surface area contributed by atoms with Crippen molar-refractivity contribution in [2.24, 2.45) is 5.92 Å². The quantitative estimate of drug-likeness (QED) is 0.746. The average Bonchev–Trinajstić information content (AvgIpc) is 2.91. The highest BCUT2D eigenvalue weighted by Gasteiger charge is 2.60. The van der Waals surface area contributed by atoms with Crippen LogP contribution in [-0.4, -0.2) is 28.7 Å². The molecule has 1 amide bonds. The molecule has 0 bridgehead atoms. The molecule has 2 saturated heterocycles. The summed E-state index contributed by atoms with van der Waals surface area (Å²) in [6.45, 7) is 0.764. The molecular formula is C19H21NO2. The van der Waals surface area contributed by atoms with E-state index in [4.69, 9.17) is 0 Å². The summed E-state index contributed by atoms with van der Waals surface area (Å²) in [6, 6.07) is 10.0. The lowest BCUT2D eigenvalue weighted by Gasteiger charge is -2.36. The van der Waals surface area contributed by atoms with Crippen LogP contribution < -0.4 is 0 Å². The molecular weight excluding hydrogens is 274 g/mol. The normalized spacial score (nSPS) is 33.0. The molecule has 4 rings (SSSR count). The number of carbonyl (C=O) groups is 2. The fourth-order valence-corrected chi connectivity index (χ4v) is 4.64. The van der Waals surface area contributed by atoms with E-state index in [1.165, 1.54) is 0 Å². The summed E-state index contributed by atoms with van der Waals surface area (Å²) >= 11 is 0. The fourth-order valence-electron chi connectivity index (χ4n) is 4.64. The van der Waals surface area contributed by atoms with Crippen LogP contribution in [0.25, 0.3) is 6.08 Å². The Hall–Kier alpha value is -1.90. The van der Waals surface area contributed by atoms with E-state index in [-0.39, 0.29) is 11.7 Å². The summed E-state index contributed by atoms with van der Waals surface area (Å²) in [6.07, 6.45) is 7.37. The second-order valence-electron chi connectivity index (χ2n) is 6.78. The van der Waals surface area contributed by atoms with Crippen LogP contribution in [0.3, 0.4) is 0 Å². The van der Waals surface area contributed by atoms with Crippen LogP contribution in [0.5, 0.6) is 0 Å². The molecule has 3 nitrogen and oxygen atoms in total. The summed E-state index contributed by atoms with van der Waals surface area (Å²) in [5.41, 5.74) is 1.49. The number of amides is 1. The number of carbonyl (C=O) groups excluding carboxylic acids is 2. The van der Waals surface area contributed by atoms with Gasteiger partial charge in [0.15, 0.2) is 5.78 Å². The summed E-state index contributed by atoms with van der Waals surface area (Å²) < 4.78 is 0. The lowest BCUT2D eigenvalue weighted by Crippen LogP contribution is -2.52. The summed E-state index contributed by atoms with van der Waals surface area (Å²) in [4.78, 5) is 27.4. The largest absolute Gasteiger partial charge is 0.329 e. The molecule has 3 heteroatoms. The molecule has 1 aromatic rings. The van der Waals surface area contributed by atoms with Gasteiger partial charge in [-0.1, -0.05) is 36.8 Å². The summed E-state index contributed by atoms with van der Waals surface area (Å²) in [7, 11) is 0. The molecule has 2 unspecified atom stereocenters. The minimum absolute atomic E-state index is 0.182. The van der Waals surface area contributed by atoms with Crippen molar-refractivity contribution in [2.45, 2.75) is 44.1 Å². The molecule has 1 spiro atoms. The maximum absolute atomic E-state index is 13.2. The number of benzene rings is 1. The molecule has 1 saturated carbocycles. The van der Waals surface area contributed by atoms with Gasteiger partial charge in [-0.25, -0.2) is 0 Å². The zero-order chi connectivity index (χ0) is 15.2. The number of ketones is 1. The molecule has 3 aliphatic rings. The van der Waals surface area contributed by atoms with Crippen LogP contribution in [0.1, 0.15) is 44.1 Å². The van der Waals surface area contributed by atoms with Gasteiger partial charge >= 0.3 is 0 Å². The minimum Gasteiger partial charge on any atom is -0.329 e. The van der Waals surface area contributed by atoms with Crippen molar-refractivity contribution >= 4 is 17.8 Å². The number of rotatable bonds is 1. The molecule has 0 aromatic heterocycles. The molecule has 3 fully saturated rings. The van der Waals surface area contributed by atoms with E-state index in [1.54, 1.807) is 0 Å². The molecule has 0 radical (unpaired) electrons. The molecule has 1 aromatic carbocycles. The summed E-state index contributed by atoms with van der Waals surface area (Å²) in [5, 5.41) is 0. The highest BCUT2D eigenvalue weighted by molar-refractivity contribution is 6.11. The van der Waals surface area contributed by atoms with E-state index in [0.717, 1.165) is 49.8 Å². The third kappa shape index (κ3) is 1.88. The Labute approximate surface area is 131 Å². The molecule has 2 heterocycles. The van der Waals surface area contributed by atoms with Gasteiger partial charge in [-0.05, 0) is 48.8 Å². The molecule has 2 atom stereocenters. The molecule has 22 heavy (non-hydrogen) atoms. The molecule has 0 N–H and O–H groups in total. The van der Waals surface area contributed by atoms with Gasteiger partial charge in [0.25, 0.3) is 0 Å². The average molecular weight is 295 g/mol. The van der Waals surface area contributed by atoms with Gasteiger partial charge in [0.2, 0.25) is 5.91 Å². The van der Waals surface area contributed by atoms with E-state index in [0.29, 0.717) is 12.3 Å². The first-order valence-corrected chi connectivity index (χ1v) is 8.33. The number of hydrogen-bond donors (Lipinski definition) is 0. The van der Waals surface area contributed by atoms with Gasteiger partial charge in [0.1, 0.15) is 5.54 Å². The van der Waals surface area contributed by atoms with E-state index in [9.17, 15) is 9.59 Å². The molecule has 2 aliphatic heterocycles. The Morgan fingerprint density at radius 2 is 1.95 bits per heavy atom. The fraction of sp³-hybridized carbons (Fsp3) is 0.474. The maximum atomic E-state index is 13.2. The predicted molar refractivity (Wildman–Crippen MR) is 85.1 cm³/mol. The number of nitrogens with zero attached hydrogens (tertiary/aromatic N) is 1. The van der Waals surface area contributed by atoms with E-state index >= 15 is 0 Å². The van der Waals surface area contributed by atoms with Crippen LogP contribution >= 0.6 is 0 Å². The Kier molecular flexibility index (Phi) is 3.17. The topological polar surface area (TPSA) is 37.4 Å². The van der Waals surface area contributed by atoms with Crippen LogP contribution in [0.4, 0.5) is 0 Å². The second kappa shape index (κ2) is 5.08. The smallest absolute Gasteiger partial charge is 0.223 e. The standard InChI is InChI=1S/C19H21NO2/c21-17-9-10-19-16(8-4-5-11-20(17)19)13-15(18(19)22)12-14-6-2-1-3-7-14/h1-3,6-7,12,16H,4-5,8-11,13H2/b15-12+. The highest BCUT2D eigenvalue weighted by atomic mass is 16.2. The first-order chi connectivity index (χ1) is 10.7.